The van der Waals surface area contributed by atoms with Crippen molar-refractivity contribution in [3.05, 3.63) is 108 Å². The fourth-order valence-electron chi connectivity index (χ4n) is 3.43. The van der Waals surface area contributed by atoms with Crippen molar-refractivity contribution in [2.24, 2.45) is 5.10 Å². The maximum Gasteiger partial charge on any atom is 0.408 e. The minimum Gasteiger partial charge on any atom is -0.445 e. The summed E-state index contributed by atoms with van der Waals surface area (Å²) in [7, 11) is 0. The molecule has 34 heavy (non-hydrogen) atoms. The van der Waals surface area contributed by atoms with Gasteiger partial charge < -0.3 is 15.0 Å². The number of rotatable bonds is 8. The van der Waals surface area contributed by atoms with E-state index in [1.54, 1.807) is 0 Å². The number of hydrazone groups is 1. The quantitative estimate of drug-likeness (QED) is 0.271. The van der Waals surface area contributed by atoms with Gasteiger partial charge in [-0.3, -0.25) is 4.79 Å². The summed E-state index contributed by atoms with van der Waals surface area (Å²) in [6.45, 7) is 0.0802. The molecule has 0 saturated carbocycles. The Morgan fingerprint density at radius 3 is 2.53 bits per heavy atom. The Bertz CT molecular complexity index is 1290. The van der Waals surface area contributed by atoms with Gasteiger partial charge in [0.05, 0.1) is 6.21 Å². The molecule has 1 unspecified atom stereocenters. The van der Waals surface area contributed by atoms with Crippen LogP contribution in [-0.2, 0) is 22.6 Å². The first-order valence-corrected chi connectivity index (χ1v) is 10.7. The van der Waals surface area contributed by atoms with Crippen LogP contribution in [0.3, 0.4) is 0 Å². The van der Waals surface area contributed by atoms with E-state index in [1.807, 2.05) is 60.8 Å². The summed E-state index contributed by atoms with van der Waals surface area (Å²) < 4.78 is 18.3. The van der Waals surface area contributed by atoms with E-state index in [4.69, 9.17) is 4.74 Å². The molecule has 1 heterocycles. The molecule has 0 aliphatic heterocycles. The monoisotopic (exact) mass is 458 g/mol. The third-order valence-electron chi connectivity index (χ3n) is 5.18. The number of carbonyl (C=O) groups is 2. The number of nitrogens with one attached hydrogen (secondary N) is 3. The Hall–Kier alpha value is -4.46. The molecule has 0 radical (unpaired) electrons. The van der Waals surface area contributed by atoms with E-state index in [2.05, 4.69) is 20.8 Å². The first-order valence-electron chi connectivity index (χ1n) is 10.7. The summed E-state index contributed by atoms with van der Waals surface area (Å²) in [5, 5.41) is 7.53. The van der Waals surface area contributed by atoms with Gasteiger partial charge in [-0.15, -0.1) is 0 Å². The molecule has 1 atom stereocenters. The highest BCUT2D eigenvalue weighted by molar-refractivity contribution is 5.89. The molecule has 0 fully saturated rings. The van der Waals surface area contributed by atoms with Crippen LogP contribution in [0.1, 0.15) is 16.7 Å². The molecule has 1 aromatic heterocycles. The van der Waals surface area contributed by atoms with Crippen LogP contribution >= 0.6 is 0 Å². The number of hydrogen-bond acceptors (Lipinski definition) is 4. The van der Waals surface area contributed by atoms with Crippen molar-refractivity contribution in [3.8, 4) is 0 Å². The highest BCUT2D eigenvalue weighted by Crippen LogP contribution is 2.19. The molecule has 0 saturated heterocycles. The van der Waals surface area contributed by atoms with Gasteiger partial charge in [0.2, 0.25) is 0 Å². The van der Waals surface area contributed by atoms with E-state index in [-0.39, 0.29) is 18.8 Å². The standard InChI is InChI=1S/C26H23FN4O3/c27-21-12-10-18(11-13-21)15-29-31-25(32)24(14-20-16-28-23-9-5-4-8-22(20)23)30-26(33)34-17-19-6-2-1-3-7-19/h1-13,15-16,24,28H,14,17H2,(H,30,33)(H,31,32)/b29-15-. The van der Waals surface area contributed by atoms with Crippen LogP contribution < -0.4 is 10.7 Å². The molecule has 0 bridgehead atoms. The first kappa shape index (κ1) is 22.7. The highest BCUT2D eigenvalue weighted by atomic mass is 19.1. The van der Waals surface area contributed by atoms with E-state index in [0.29, 0.717) is 5.56 Å². The number of fused-ring (bicyclic) bond motifs is 1. The maximum atomic E-state index is 13.1. The number of nitrogens with zero attached hydrogens (tertiary/aromatic N) is 1. The number of amides is 2. The summed E-state index contributed by atoms with van der Waals surface area (Å²) in [5.74, 6) is -0.876. The van der Waals surface area contributed by atoms with Gasteiger partial charge in [-0.1, -0.05) is 60.7 Å². The second kappa shape index (κ2) is 10.9. The van der Waals surface area contributed by atoms with Crippen molar-refractivity contribution in [1.29, 1.82) is 0 Å². The zero-order valence-electron chi connectivity index (χ0n) is 18.2. The van der Waals surface area contributed by atoms with Gasteiger partial charge >= 0.3 is 6.09 Å². The van der Waals surface area contributed by atoms with Crippen molar-refractivity contribution < 1.29 is 18.7 Å². The largest absolute Gasteiger partial charge is 0.445 e. The SMILES string of the molecule is O=C(NC(Cc1c[nH]c2ccccc12)C(=O)N/N=C\c1ccc(F)cc1)OCc1ccccc1. The number of aromatic amines is 1. The molecule has 4 rings (SSSR count). The van der Waals surface area contributed by atoms with Crippen LogP contribution in [-0.4, -0.2) is 29.2 Å². The number of ether oxygens (including phenoxy) is 1. The van der Waals surface area contributed by atoms with E-state index in [0.717, 1.165) is 22.0 Å². The number of alkyl carbamates (subject to hydrolysis) is 1. The van der Waals surface area contributed by atoms with E-state index in [1.165, 1.54) is 30.5 Å². The Kier molecular flexibility index (Phi) is 7.29. The summed E-state index contributed by atoms with van der Waals surface area (Å²) in [5.41, 5.74) is 5.68. The molecule has 0 aliphatic rings. The smallest absolute Gasteiger partial charge is 0.408 e. The molecule has 4 aromatic rings. The summed E-state index contributed by atoms with van der Waals surface area (Å²) in [4.78, 5) is 28.5. The Morgan fingerprint density at radius 2 is 1.74 bits per heavy atom. The van der Waals surface area contributed by atoms with Gasteiger partial charge in [0, 0.05) is 23.5 Å². The van der Waals surface area contributed by atoms with Crippen LogP contribution in [0.5, 0.6) is 0 Å². The third kappa shape index (κ3) is 6.07. The number of benzene rings is 3. The molecule has 8 heteroatoms. The Morgan fingerprint density at radius 1 is 1.00 bits per heavy atom. The lowest BCUT2D eigenvalue weighted by Gasteiger charge is -2.17. The molecular weight excluding hydrogens is 435 g/mol. The third-order valence-corrected chi connectivity index (χ3v) is 5.18. The minimum absolute atomic E-state index is 0.0802. The lowest BCUT2D eigenvalue weighted by atomic mass is 10.0. The van der Waals surface area contributed by atoms with E-state index < -0.39 is 18.0 Å². The van der Waals surface area contributed by atoms with Gasteiger partial charge in [-0.25, -0.2) is 14.6 Å². The van der Waals surface area contributed by atoms with Crippen LogP contribution in [0.25, 0.3) is 10.9 Å². The highest BCUT2D eigenvalue weighted by Gasteiger charge is 2.23. The summed E-state index contributed by atoms with van der Waals surface area (Å²) >= 11 is 0. The normalized spacial score (nSPS) is 11.9. The minimum atomic E-state index is -0.937. The molecule has 2 amide bonds. The van der Waals surface area contributed by atoms with Crippen molar-refractivity contribution in [2.75, 3.05) is 0 Å². The van der Waals surface area contributed by atoms with Gasteiger partial charge in [-0.05, 0) is 34.9 Å². The Labute approximate surface area is 195 Å². The molecule has 3 N–H and O–H groups in total. The molecule has 3 aromatic carbocycles. The second-order valence-electron chi connectivity index (χ2n) is 7.61. The molecule has 0 spiro atoms. The van der Waals surface area contributed by atoms with E-state index >= 15 is 0 Å². The van der Waals surface area contributed by atoms with E-state index in [9.17, 15) is 14.0 Å². The van der Waals surface area contributed by atoms with Crippen molar-refractivity contribution in [3.63, 3.8) is 0 Å². The molecule has 0 aliphatic carbocycles. The lowest BCUT2D eigenvalue weighted by molar-refractivity contribution is -0.123. The van der Waals surface area contributed by atoms with Crippen LogP contribution in [0.2, 0.25) is 0 Å². The van der Waals surface area contributed by atoms with Gasteiger partial charge in [0.15, 0.2) is 0 Å². The van der Waals surface area contributed by atoms with Gasteiger partial charge in [0.1, 0.15) is 18.5 Å². The van der Waals surface area contributed by atoms with Gasteiger partial charge in [-0.2, -0.15) is 5.10 Å². The van der Waals surface area contributed by atoms with Crippen LogP contribution in [0.4, 0.5) is 9.18 Å². The molecule has 7 nitrogen and oxygen atoms in total. The van der Waals surface area contributed by atoms with Crippen LogP contribution in [0.15, 0.2) is 90.2 Å². The average molecular weight is 458 g/mol. The fraction of sp³-hybridized carbons (Fsp3) is 0.115. The lowest BCUT2D eigenvalue weighted by Crippen LogP contribution is -2.47. The number of para-hydroxylation sites is 1. The predicted molar refractivity (Wildman–Crippen MR) is 128 cm³/mol. The van der Waals surface area contributed by atoms with Crippen molar-refractivity contribution >= 4 is 29.1 Å². The zero-order valence-corrected chi connectivity index (χ0v) is 18.2. The number of aromatic nitrogens is 1. The molecular formula is C26H23FN4O3. The predicted octanol–water partition coefficient (Wildman–Crippen LogP) is 4.29. The van der Waals surface area contributed by atoms with Crippen molar-refractivity contribution in [2.45, 2.75) is 19.1 Å². The maximum absolute atomic E-state index is 13.1. The topological polar surface area (TPSA) is 95.6 Å². The van der Waals surface area contributed by atoms with Crippen LogP contribution in [0, 0.1) is 5.82 Å². The number of H-pyrrole nitrogens is 1. The first-order chi connectivity index (χ1) is 16.6. The van der Waals surface area contributed by atoms with Gasteiger partial charge in [0.25, 0.3) is 5.91 Å². The number of halogens is 1. The zero-order chi connectivity index (χ0) is 23.8. The number of hydrogen-bond donors (Lipinski definition) is 3. The average Bonchev–Trinajstić information content (AvgIpc) is 3.27. The fourth-order valence-corrected chi connectivity index (χ4v) is 3.43. The molecule has 172 valence electrons. The summed E-state index contributed by atoms with van der Waals surface area (Å²) in [6, 6.07) is 21.7. The number of carbonyl (C=O) groups excluding carboxylic acids is 2. The summed E-state index contributed by atoms with van der Waals surface area (Å²) in [6.07, 6.45) is 2.71. The van der Waals surface area contributed by atoms with Crippen molar-refractivity contribution in [1.82, 2.24) is 15.7 Å². The Balaban J connectivity index is 1.45. The second-order valence-corrected chi connectivity index (χ2v) is 7.61.